The van der Waals surface area contributed by atoms with Crippen molar-refractivity contribution in [2.24, 2.45) is 5.92 Å². The number of amides is 1. The fourth-order valence-corrected chi connectivity index (χ4v) is 1.97. The van der Waals surface area contributed by atoms with E-state index in [-0.39, 0.29) is 18.4 Å². The summed E-state index contributed by atoms with van der Waals surface area (Å²) in [6, 6.07) is 0. The number of aliphatic hydroxyl groups excluding tert-OH is 2. The number of carbonyl (C=O) groups is 1. The molecule has 0 aliphatic rings. The third-order valence-corrected chi connectivity index (χ3v) is 2.95. The molecule has 0 aliphatic heterocycles. The first-order valence-corrected chi connectivity index (χ1v) is 7.27. The number of carbonyl (C=O) groups excluding carboxylic acids is 1. The van der Waals surface area contributed by atoms with Crippen molar-refractivity contribution < 1.29 is 15.0 Å². The summed E-state index contributed by atoms with van der Waals surface area (Å²) in [5.74, 6) is 0.622. The van der Waals surface area contributed by atoms with Gasteiger partial charge in [-0.15, -0.1) is 0 Å². The fraction of sp³-hybridized carbons (Fsp3) is 0.909. The molecule has 0 rings (SSSR count). The van der Waals surface area contributed by atoms with Crippen molar-refractivity contribution in [3.05, 3.63) is 0 Å². The Labute approximate surface area is 107 Å². The molecule has 0 spiro atoms. The molecule has 4 N–H and O–H groups in total. The van der Waals surface area contributed by atoms with Crippen molar-refractivity contribution in [3.8, 4) is 0 Å². The molecular formula is C11H24N2O3S. The second kappa shape index (κ2) is 10.8. The van der Waals surface area contributed by atoms with E-state index in [1.54, 1.807) is 18.7 Å². The molecule has 6 heteroatoms. The first-order valence-electron chi connectivity index (χ1n) is 5.88. The Hall–Kier alpha value is -0.300. The number of thioether (sulfide) groups is 1. The Morgan fingerprint density at radius 3 is 2.65 bits per heavy atom. The molecule has 17 heavy (non-hydrogen) atoms. The van der Waals surface area contributed by atoms with Crippen LogP contribution in [0.1, 0.15) is 13.3 Å². The standard InChI is InChI=1S/C11H24N2O3S/c1-9(15)6-13-11(16)10(8-17-2)7-12-4-3-5-14/h9-10,12,14-15H,3-8H2,1-2H3,(H,13,16)/t9-,10-/m0/s1. The highest BCUT2D eigenvalue weighted by molar-refractivity contribution is 7.98. The molecule has 0 bridgehead atoms. The van der Waals surface area contributed by atoms with Crippen LogP contribution in [0.2, 0.25) is 0 Å². The minimum atomic E-state index is -0.517. The zero-order valence-corrected chi connectivity index (χ0v) is 11.4. The molecule has 0 heterocycles. The predicted molar refractivity (Wildman–Crippen MR) is 71.1 cm³/mol. The Kier molecular flexibility index (Phi) is 10.6. The lowest BCUT2D eigenvalue weighted by Gasteiger charge is -2.17. The van der Waals surface area contributed by atoms with Gasteiger partial charge in [-0.2, -0.15) is 11.8 Å². The second-order valence-electron chi connectivity index (χ2n) is 4.03. The van der Waals surface area contributed by atoms with Gasteiger partial charge in [-0.05, 0) is 26.1 Å². The number of rotatable bonds is 10. The Bertz CT molecular complexity index is 203. The van der Waals surface area contributed by atoms with E-state index < -0.39 is 6.10 Å². The molecule has 102 valence electrons. The lowest BCUT2D eigenvalue weighted by atomic mass is 10.1. The Morgan fingerprint density at radius 2 is 2.12 bits per heavy atom. The van der Waals surface area contributed by atoms with Crippen molar-refractivity contribution in [1.82, 2.24) is 10.6 Å². The summed E-state index contributed by atoms with van der Waals surface area (Å²) in [6.45, 7) is 3.41. The molecule has 0 aliphatic carbocycles. The maximum absolute atomic E-state index is 11.8. The van der Waals surface area contributed by atoms with E-state index in [1.165, 1.54) is 0 Å². The first kappa shape index (κ1) is 16.7. The van der Waals surface area contributed by atoms with Crippen LogP contribution >= 0.6 is 11.8 Å². The summed E-state index contributed by atoms with van der Waals surface area (Å²) in [5.41, 5.74) is 0. The van der Waals surface area contributed by atoms with Gasteiger partial charge < -0.3 is 20.8 Å². The van der Waals surface area contributed by atoms with Gasteiger partial charge in [0, 0.05) is 25.4 Å². The van der Waals surface area contributed by atoms with Gasteiger partial charge in [0.1, 0.15) is 0 Å². The van der Waals surface area contributed by atoms with Crippen LogP contribution in [0, 0.1) is 5.92 Å². The first-order chi connectivity index (χ1) is 8.11. The van der Waals surface area contributed by atoms with E-state index in [0.29, 0.717) is 26.1 Å². The smallest absolute Gasteiger partial charge is 0.225 e. The molecule has 0 radical (unpaired) electrons. The molecule has 0 unspecified atom stereocenters. The van der Waals surface area contributed by atoms with E-state index in [1.807, 2.05) is 6.26 Å². The van der Waals surface area contributed by atoms with Crippen LogP contribution in [0.5, 0.6) is 0 Å². The molecule has 5 nitrogen and oxygen atoms in total. The van der Waals surface area contributed by atoms with Crippen LogP contribution in [-0.4, -0.2) is 60.5 Å². The largest absolute Gasteiger partial charge is 0.396 e. The van der Waals surface area contributed by atoms with Gasteiger partial charge in [-0.25, -0.2) is 0 Å². The second-order valence-corrected chi connectivity index (χ2v) is 4.94. The highest BCUT2D eigenvalue weighted by Crippen LogP contribution is 2.04. The number of nitrogens with one attached hydrogen (secondary N) is 2. The SMILES string of the molecule is CSC[C@H](CNCCCO)C(=O)NC[C@H](C)O. The van der Waals surface area contributed by atoms with Crippen LogP contribution in [0.15, 0.2) is 0 Å². The van der Waals surface area contributed by atoms with Crippen molar-refractivity contribution in [2.75, 3.05) is 38.2 Å². The molecule has 2 atom stereocenters. The average molecular weight is 264 g/mol. The van der Waals surface area contributed by atoms with Crippen LogP contribution in [0.3, 0.4) is 0 Å². The van der Waals surface area contributed by atoms with Crippen molar-refractivity contribution in [1.29, 1.82) is 0 Å². The van der Waals surface area contributed by atoms with Crippen LogP contribution in [0.25, 0.3) is 0 Å². The minimum Gasteiger partial charge on any atom is -0.396 e. The Balaban J connectivity index is 3.89. The molecule has 0 saturated carbocycles. The van der Waals surface area contributed by atoms with E-state index >= 15 is 0 Å². The lowest BCUT2D eigenvalue weighted by Crippen LogP contribution is -2.41. The minimum absolute atomic E-state index is 0.0308. The normalized spacial score (nSPS) is 14.4. The van der Waals surface area contributed by atoms with Crippen molar-refractivity contribution in [2.45, 2.75) is 19.4 Å². The van der Waals surface area contributed by atoms with E-state index in [0.717, 1.165) is 5.75 Å². The summed E-state index contributed by atoms with van der Waals surface area (Å²) in [5, 5.41) is 23.6. The molecule has 0 aromatic carbocycles. The maximum atomic E-state index is 11.8. The van der Waals surface area contributed by atoms with Gasteiger partial charge in [0.15, 0.2) is 0 Å². The summed E-state index contributed by atoms with van der Waals surface area (Å²) >= 11 is 1.62. The van der Waals surface area contributed by atoms with Gasteiger partial charge in [0.25, 0.3) is 0 Å². The van der Waals surface area contributed by atoms with Gasteiger partial charge in [0.2, 0.25) is 5.91 Å². The van der Waals surface area contributed by atoms with E-state index in [9.17, 15) is 4.79 Å². The Morgan fingerprint density at radius 1 is 1.41 bits per heavy atom. The number of hydrogen-bond donors (Lipinski definition) is 4. The summed E-state index contributed by atoms with van der Waals surface area (Å²) < 4.78 is 0. The molecule has 0 aromatic rings. The van der Waals surface area contributed by atoms with Crippen molar-refractivity contribution >= 4 is 17.7 Å². The monoisotopic (exact) mass is 264 g/mol. The lowest BCUT2D eigenvalue weighted by molar-refractivity contribution is -0.124. The van der Waals surface area contributed by atoms with E-state index in [2.05, 4.69) is 10.6 Å². The predicted octanol–water partition coefficient (Wildman–Crippen LogP) is -0.565. The highest BCUT2D eigenvalue weighted by Gasteiger charge is 2.17. The van der Waals surface area contributed by atoms with Gasteiger partial charge in [-0.1, -0.05) is 0 Å². The van der Waals surface area contributed by atoms with Gasteiger partial charge >= 0.3 is 0 Å². The zero-order chi connectivity index (χ0) is 13.1. The zero-order valence-electron chi connectivity index (χ0n) is 10.6. The van der Waals surface area contributed by atoms with Gasteiger partial charge in [-0.3, -0.25) is 4.79 Å². The summed E-state index contributed by atoms with van der Waals surface area (Å²) in [6.07, 6.45) is 2.14. The molecule has 0 saturated heterocycles. The number of aliphatic hydroxyl groups is 2. The molecule has 1 amide bonds. The van der Waals surface area contributed by atoms with Crippen LogP contribution < -0.4 is 10.6 Å². The maximum Gasteiger partial charge on any atom is 0.225 e. The third-order valence-electron chi connectivity index (χ3n) is 2.21. The highest BCUT2D eigenvalue weighted by atomic mass is 32.2. The van der Waals surface area contributed by atoms with Gasteiger partial charge in [0.05, 0.1) is 12.0 Å². The van der Waals surface area contributed by atoms with Crippen molar-refractivity contribution in [3.63, 3.8) is 0 Å². The molecule has 0 fully saturated rings. The topological polar surface area (TPSA) is 81.6 Å². The third kappa shape index (κ3) is 9.41. The molecular weight excluding hydrogens is 240 g/mol. The van der Waals surface area contributed by atoms with Crippen LogP contribution in [0.4, 0.5) is 0 Å². The summed E-state index contributed by atoms with van der Waals surface area (Å²) in [4.78, 5) is 11.8. The van der Waals surface area contributed by atoms with E-state index in [4.69, 9.17) is 10.2 Å². The quantitative estimate of drug-likeness (QED) is 0.398. The van der Waals surface area contributed by atoms with Crippen LogP contribution in [-0.2, 0) is 4.79 Å². The summed E-state index contributed by atoms with van der Waals surface area (Å²) in [7, 11) is 0. The molecule has 0 aromatic heterocycles. The number of hydrogen-bond acceptors (Lipinski definition) is 5. The fourth-order valence-electron chi connectivity index (χ4n) is 1.30. The average Bonchev–Trinajstić information content (AvgIpc) is 2.30.